The van der Waals surface area contributed by atoms with Crippen molar-refractivity contribution >= 4 is 5.91 Å². The van der Waals surface area contributed by atoms with Gasteiger partial charge in [-0.2, -0.15) is 0 Å². The minimum absolute atomic E-state index is 0.00279. The van der Waals surface area contributed by atoms with Gasteiger partial charge in [0.25, 0.3) is 5.91 Å². The van der Waals surface area contributed by atoms with Gasteiger partial charge in [0.15, 0.2) is 6.61 Å². The van der Waals surface area contributed by atoms with Crippen LogP contribution in [0, 0.1) is 0 Å². The standard InChI is InChI=1S/C20H22N6O3/c27-20(14-29-18-8-6-17(7-9-18)26-15-22-23-24-26)25-11-3-5-19(12-25)28-13-16-4-1-2-10-21-16/h1-2,4,6-10,15,19H,3,5,11-14H2. The van der Waals surface area contributed by atoms with E-state index in [0.29, 0.717) is 18.9 Å². The van der Waals surface area contributed by atoms with E-state index in [-0.39, 0.29) is 18.6 Å². The molecule has 3 aromatic rings. The summed E-state index contributed by atoms with van der Waals surface area (Å²) in [6, 6.07) is 13.0. The van der Waals surface area contributed by atoms with Gasteiger partial charge in [-0.25, -0.2) is 4.68 Å². The molecule has 1 unspecified atom stereocenters. The summed E-state index contributed by atoms with van der Waals surface area (Å²) in [5.41, 5.74) is 1.71. The molecule has 0 saturated carbocycles. The second-order valence-electron chi connectivity index (χ2n) is 6.77. The van der Waals surface area contributed by atoms with E-state index in [0.717, 1.165) is 30.8 Å². The molecule has 0 radical (unpaired) electrons. The highest BCUT2D eigenvalue weighted by atomic mass is 16.5. The van der Waals surface area contributed by atoms with Crippen molar-refractivity contribution in [3.8, 4) is 11.4 Å². The lowest BCUT2D eigenvalue weighted by atomic mass is 10.1. The van der Waals surface area contributed by atoms with E-state index in [1.165, 1.54) is 6.33 Å². The summed E-state index contributed by atoms with van der Waals surface area (Å²) in [6.45, 7) is 1.76. The normalized spacial score (nSPS) is 16.6. The molecule has 0 spiro atoms. The Morgan fingerprint density at radius 3 is 2.83 bits per heavy atom. The Hall–Kier alpha value is -3.33. The molecule has 4 rings (SSSR count). The lowest BCUT2D eigenvalue weighted by Crippen LogP contribution is -2.45. The molecule has 0 N–H and O–H groups in total. The maximum atomic E-state index is 12.5. The van der Waals surface area contributed by atoms with Crippen LogP contribution in [0.15, 0.2) is 55.0 Å². The predicted octanol–water partition coefficient (Wildman–Crippen LogP) is 1.64. The topological polar surface area (TPSA) is 95.3 Å². The summed E-state index contributed by atoms with van der Waals surface area (Å²) < 4.78 is 13.1. The quantitative estimate of drug-likeness (QED) is 0.601. The highest BCUT2D eigenvalue weighted by Crippen LogP contribution is 2.17. The van der Waals surface area contributed by atoms with Crippen molar-refractivity contribution in [1.82, 2.24) is 30.1 Å². The Balaban J connectivity index is 1.24. The van der Waals surface area contributed by atoms with Crippen molar-refractivity contribution in [3.63, 3.8) is 0 Å². The first-order chi connectivity index (χ1) is 14.3. The van der Waals surface area contributed by atoms with Gasteiger partial charge in [-0.3, -0.25) is 9.78 Å². The summed E-state index contributed by atoms with van der Waals surface area (Å²) in [5.74, 6) is 0.579. The largest absolute Gasteiger partial charge is 0.484 e. The third-order valence-electron chi connectivity index (χ3n) is 4.74. The Morgan fingerprint density at radius 1 is 1.17 bits per heavy atom. The second-order valence-corrected chi connectivity index (χ2v) is 6.77. The molecule has 1 fully saturated rings. The van der Waals surface area contributed by atoms with E-state index < -0.39 is 0 Å². The van der Waals surface area contributed by atoms with Crippen LogP contribution >= 0.6 is 0 Å². The van der Waals surface area contributed by atoms with Crippen LogP contribution in [0.2, 0.25) is 0 Å². The fourth-order valence-electron chi connectivity index (χ4n) is 3.20. The van der Waals surface area contributed by atoms with Gasteiger partial charge in [0.05, 0.1) is 24.1 Å². The molecule has 1 amide bonds. The van der Waals surface area contributed by atoms with Crippen molar-refractivity contribution < 1.29 is 14.3 Å². The van der Waals surface area contributed by atoms with Gasteiger partial charge in [-0.1, -0.05) is 6.07 Å². The summed E-state index contributed by atoms with van der Waals surface area (Å²) in [5, 5.41) is 11.0. The summed E-state index contributed by atoms with van der Waals surface area (Å²) in [4.78, 5) is 18.6. The highest BCUT2D eigenvalue weighted by molar-refractivity contribution is 5.77. The fourth-order valence-corrected chi connectivity index (χ4v) is 3.20. The zero-order valence-corrected chi connectivity index (χ0v) is 15.9. The van der Waals surface area contributed by atoms with Gasteiger partial charge in [0.1, 0.15) is 12.1 Å². The fraction of sp³-hybridized carbons (Fsp3) is 0.350. The van der Waals surface area contributed by atoms with Gasteiger partial charge < -0.3 is 14.4 Å². The Bertz CT molecular complexity index is 902. The van der Waals surface area contributed by atoms with Gasteiger partial charge in [0, 0.05) is 19.3 Å². The van der Waals surface area contributed by atoms with E-state index in [9.17, 15) is 4.79 Å². The Labute approximate surface area is 168 Å². The summed E-state index contributed by atoms with van der Waals surface area (Å²) in [6.07, 6.45) is 5.14. The highest BCUT2D eigenvalue weighted by Gasteiger charge is 2.24. The lowest BCUT2D eigenvalue weighted by Gasteiger charge is -2.32. The number of piperidine rings is 1. The molecule has 9 heteroatoms. The zero-order valence-electron chi connectivity index (χ0n) is 15.9. The number of pyridine rings is 1. The van der Waals surface area contributed by atoms with Crippen LogP contribution < -0.4 is 4.74 Å². The van der Waals surface area contributed by atoms with Gasteiger partial charge >= 0.3 is 0 Å². The number of amides is 1. The number of carbonyl (C=O) groups excluding carboxylic acids is 1. The molecule has 1 atom stereocenters. The number of ether oxygens (including phenoxy) is 2. The second kappa shape index (κ2) is 9.24. The van der Waals surface area contributed by atoms with Crippen molar-refractivity contribution in [2.24, 2.45) is 0 Å². The van der Waals surface area contributed by atoms with E-state index in [1.54, 1.807) is 23.0 Å². The Kier molecular flexibility index (Phi) is 6.06. The van der Waals surface area contributed by atoms with Crippen molar-refractivity contribution in [1.29, 1.82) is 0 Å². The van der Waals surface area contributed by atoms with Crippen LogP contribution in [0.3, 0.4) is 0 Å². The third-order valence-corrected chi connectivity index (χ3v) is 4.74. The number of rotatable bonds is 7. The third kappa shape index (κ3) is 5.14. The van der Waals surface area contributed by atoms with E-state index in [2.05, 4.69) is 20.5 Å². The number of aromatic nitrogens is 5. The molecule has 150 valence electrons. The van der Waals surface area contributed by atoms with Crippen LogP contribution in [0.5, 0.6) is 5.75 Å². The number of hydrogen-bond acceptors (Lipinski definition) is 7. The van der Waals surface area contributed by atoms with Gasteiger partial charge in [-0.05, 0) is 59.7 Å². The first kappa shape index (κ1) is 19.0. The van der Waals surface area contributed by atoms with Crippen LogP contribution in [0.25, 0.3) is 5.69 Å². The predicted molar refractivity (Wildman–Crippen MR) is 103 cm³/mol. The molecule has 2 aromatic heterocycles. The molecule has 0 bridgehead atoms. The average molecular weight is 394 g/mol. The summed E-state index contributed by atoms with van der Waals surface area (Å²) in [7, 11) is 0. The van der Waals surface area contributed by atoms with Gasteiger partial charge in [0.2, 0.25) is 0 Å². The maximum Gasteiger partial charge on any atom is 0.260 e. The van der Waals surface area contributed by atoms with Crippen molar-refractivity contribution in [2.45, 2.75) is 25.6 Å². The van der Waals surface area contributed by atoms with Crippen LogP contribution in [0.4, 0.5) is 0 Å². The lowest BCUT2D eigenvalue weighted by molar-refractivity contribution is -0.137. The van der Waals surface area contributed by atoms with Crippen molar-refractivity contribution in [2.75, 3.05) is 19.7 Å². The van der Waals surface area contributed by atoms with Crippen LogP contribution in [-0.4, -0.2) is 61.8 Å². The number of nitrogens with zero attached hydrogens (tertiary/aromatic N) is 6. The molecule has 29 heavy (non-hydrogen) atoms. The molecule has 1 aliphatic rings. The molecular weight excluding hydrogens is 372 g/mol. The average Bonchev–Trinajstić information content (AvgIpc) is 3.32. The van der Waals surface area contributed by atoms with Gasteiger partial charge in [-0.15, -0.1) is 5.10 Å². The number of tetrazole rings is 1. The molecule has 1 aromatic carbocycles. The first-order valence-corrected chi connectivity index (χ1v) is 9.53. The zero-order chi connectivity index (χ0) is 19.9. The molecular formula is C20H22N6O3. The monoisotopic (exact) mass is 394 g/mol. The molecule has 1 saturated heterocycles. The minimum atomic E-state index is -0.0410. The van der Waals surface area contributed by atoms with Crippen molar-refractivity contribution in [3.05, 3.63) is 60.7 Å². The molecule has 3 heterocycles. The Morgan fingerprint density at radius 2 is 2.07 bits per heavy atom. The SMILES string of the molecule is O=C(COc1ccc(-n2cnnn2)cc1)N1CCCC(OCc2ccccn2)C1. The molecule has 0 aliphatic carbocycles. The maximum absolute atomic E-state index is 12.5. The van der Waals surface area contributed by atoms with E-state index >= 15 is 0 Å². The van der Waals surface area contributed by atoms with E-state index in [4.69, 9.17) is 9.47 Å². The van der Waals surface area contributed by atoms with Crippen LogP contribution in [-0.2, 0) is 16.1 Å². The molecule has 9 nitrogen and oxygen atoms in total. The van der Waals surface area contributed by atoms with Crippen LogP contribution in [0.1, 0.15) is 18.5 Å². The summed E-state index contributed by atoms with van der Waals surface area (Å²) >= 11 is 0. The number of carbonyl (C=O) groups is 1. The smallest absolute Gasteiger partial charge is 0.260 e. The minimum Gasteiger partial charge on any atom is -0.484 e. The van der Waals surface area contributed by atoms with E-state index in [1.807, 2.05) is 35.2 Å². The number of hydrogen-bond donors (Lipinski definition) is 0. The number of likely N-dealkylation sites (tertiary alicyclic amines) is 1. The number of benzene rings is 1. The first-order valence-electron chi connectivity index (χ1n) is 9.53. The molecule has 1 aliphatic heterocycles.